The van der Waals surface area contributed by atoms with Crippen LogP contribution in [0.1, 0.15) is 81.1 Å². The van der Waals surface area contributed by atoms with Gasteiger partial charge in [0.05, 0.1) is 37.8 Å². The number of Topliss-reactive ketones (excluding diaryl/α,β-unsaturated/α-hetero) is 1. The van der Waals surface area contributed by atoms with Gasteiger partial charge < -0.3 is 39.2 Å². The molecule has 2 heterocycles. The second-order valence-corrected chi connectivity index (χ2v) is 17.8. The molecular weight excluding hydrogens is 768 g/mol. The zero-order chi connectivity index (χ0) is 43.5. The molecule has 1 amide bonds. The maximum absolute atomic E-state index is 15.1. The van der Waals surface area contributed by atoms with Crippen LogP contribution >= 0.6 is 0 Å². The van der Waals surface area contributed by atoms with E-state index in [9.17, 15) is 39.5 Å². The lowest BCUT2D eigenvalue weighted by atomic mass is 9.49. The summed E-state index contributed by atoms with van der Waals surface area (Å²) >= 11 is 0. The molecule has 1 saturated carbocycles. The van der Waals surface area contributed by atoms with Gasteiger partial charge in [0.15, 0.2) is 11.9 Å². The Morgan fingerprint density at radius 3 is 2.41 bits per heavy atom. The van der Waals surface area contributed by atoms with Crippen LogP contribution in [0, 0.1) is 51.0 Å². The van der Waals surface area contributed by atoms with E-state index in [4.69, 9.17) is 23.7 Å². The summed E-state index contributed by atoms with van der Waals surface area (Å²) in [5, 5.41) is 39.3. The zero-order valence-electron chi connectivity index (χ0n) is 35.0. The van der Waals surface area contributed by atoms with E-state index in [1.165, 1.54) is 13.0 Å². The number of aldehydes is 1. The number of nitro groups is 1. The molecule has 0 aromatic rings. The topological polar surface area (TPSA) is 227 Å². The van der Waals surface area contributed by atoms with Gasteiger partial charge in [0, 0.05) is 42.4 Å². The fraction of sp³-hybridized carbons (Fsp3) is 0.651. The van der Waals surface area contributed by atoms with Crippen molar-refractivity contribution in [2.75, 3.05) is 7.11 Å². The van der Waals surface area contributed by atoms with Gasteiger partial charge in [0.1, 0.15) is 29.8 Å². The number of nitrogens with zero attached hydrogens (tertiary/aromatic N) is 1. The predicted molar refractivity (Wildman–Crippen MR) is 209 cm³/mol. The summed E-state index contributed by atoms with van der Waals surface area (Å²) in [5.41, 5.74) is -4.55. The van der Waals surface area contributed by atoms with Crippen molar-refractivity contribution in [3.63, 3.8) is 0 Å². The van der Waals surface area contributed by atoms with E-state index in [0.717, 1.165) is 19.6 Å². The second kappa shape index (κ2) is 16.1. The quantitative estimate of drug-likeness (QED) is 0.0624. The lowest BCUT2D eigenvalue weighted by Gasteiger charge is -2.55. The van der Waals surface area contributed by atoms with Crippen molar-refractivity contribution in [1.29, 1.82) is 0 Å². The van der Waals surface area contributed by atoms with Crippen LogP contribution in [-0.2, 0) is 42.9 Å². The van der Waals surface area contributed by atoms with E-state index in [2.05, 4.69) is 5.32 Å². The lowest BCUT2D eigenvalue weighted by molar-refractivity contribution is -0.584. The minimum atomic E-state index is -2.14. The number of hydrogen-bond acceptors (Lipinski definition) is 14. The van der Waals surface area contributed by atoms with Gasteiger partial charge in [-0.2, -0.15) is 0 Å². The fourth-order valence-electron chi connectivity index (χ4n) is 11.1. The number of esters is 2. The average molecular weight is 825 g/mol. The van der Waals surface area contributed by atoms with Gasteiger partial charge >= 0.3 is 18.0 Å². The molecule has 15 atom stereocenters. The van der Waals surface area contributed by atoms with E-state index in [-0.39, 0.29) is 36.7 Å². The highest BCUT2D eigenvalue weighted by atomic mass is 16.7. The largest absolute Gasteiger partial charge is 0.511 e. The van der Waals surface area contributed by atoms with Crippen LogP contribution in [-0.4, -0.2) is 100 Å². The number of aliphatic hydroxyl groups is 2. The zero-order valence-corrected chi connectivity index (χ0v) is 35.0. The summed E-state index contributed by atoms with van der Waals surface area (Å²) in [6, 6.07) is -1.09. The Morgan fingerprint density at radius 1 is 1.08 bits per heavy atom. The van der Waals surface area contributed by atoms with E-state index >= 15 is 4.79 Å². The van der Waals surface area contributed by atoms with E-state index in [1.54, 1.807) is 26.8 Å². The molecule has 6 rings (SSSR count). The highest BCUT2D eigenvalue weighted by Crippen LogP contribution is 2.60. The number of methoxy groups -OCH3 is 1. The first-order chi connectivity index (χ1) is 27.6. The molecule has 1 spiro atoms. The van der Waals surface area contributed by atoms with Gasteiger partial charge in [0.2, 0.25) is 11.3 Å². The Balaban J connectivity index is 1.54. The first kappa shape index (κ1) is 43.9. The van der Waals surface area contributed by atoms with Crippen molar-refractivity contribution in [2.24, 2.45) is 40.9 Å². The molecule has 2 saturated heterocycles. The molecule has 3 fully saturated rings. The Hall–Kier alpha value is -4.67. The number of fused-ring (bicyclic) bond motifs is 4. The molecule has 16 nitrogen and oxygen atoms in total. The average Bonchev–Trinajstić information content (AvgIpc) is 3.41. The summed E-state index contributed by atoms with van der Waals surface area (Å²) in [6.07, 6.45) is 3.42. The third-order valence-electron chi connectivity index (χ3n) is 14.0. The van der Waals surface area contributed by atoms with Crippen LogP contribution in [0.4, 0.5) is 4.79 Å². The number of rotatable bonds is 6. The SMILES string of the molecule is COC(=O)N[C@H]1[C@@H](C)O[C@@H](O[C@H]2C/C=C(\C)[C@@H]3C=C[C@@H]4[C@@H](O)[C@@H](C)C[C@H](C)[C@H]4[C@]3(C)/C(O)=C3/C(=O)OC4(CC(C=O)=C[C@H](OC(C)=O)[C@H]4/C=C/2C)C3=O)C[C@]1(C)[N+](=O)[O-]. The molecule has 1 unspecified atom stereocenters. The van der Waals surface area contributed by atoms with Crippen LogP contribution in [0.2, 0.25) is 0 Å². The molecule has 16 heteroatoms. The number of aliphatic hydroxyl groups excluding tert-OH is 2. The summed E-state index contributed by atoms with van der Waals surface area (Å²) < 4.78 is 29.3. The third-order valence-corrected chi connectivity index (χ3v) is 14.0. The molecule has 6 aliphatic rings. The Morgan fingerprint density at radius 2 is 1.78 bits per heavy atom. The highest BCUT2D eigenvalue weighted by molar-refractivity contribution is 6.26. The first-order valence-corrected chi connectivity index (χ1v) is 20.2. The van der Waals surface area contributed by atoms with Gasteiger partial charge in [-0.05, 0) is 68.6 Å². The van der Waals surface area contributed by atoms with Gasteiger partial charge in [-0.25, -0.2) is 9.59 Å². The van der Waals surface area contributed by atoms with Crippen molar-refractivity contribution in [3.05, 3.63) is 68.5 Å². The third kappa shape index (κ3) is 7.34. The van der Waals surface area contributed by atoms with Crippen molar-refractivity contribution < 1.29 is 62.8 Å². The number of amides is 1. The molecule has 0 aromatic heterocycles. The summed E-state index contributed by atoms with van der Waals surface area (Å²) in [7, 11) is 1.15. The lowest BCUT2D eigenvalue weighted by Crippen LogP contribution is -2.65. The van der Waals surface area contributed by atoms with Gasteiger partial charge in [-0.15, -0.1) is 0 Å². The van der Waals surface area contributed by atoms with Crippen LogP contribution in [0.5, 0.6) is 0 Å². The fourth-order valence-corrected chi connectivity index (χ4v) is 11.1. The molecule has 2 aliphatic heterocycles. The molecular formula is C43H56N2O14. The maximum Gasteiger partial charge on any atom is 0.407 e. The molecule has 0 radical (unpaired) electrons. The summed E-state index contributed by atoms with van der Waals surface area (Å²) in [6.45, 7) is 13.5. The van der Waals surface area contributed by atoms with Crippen molar-refractivity contribution in [2.45, 2.75) is 129 Å². The van der Waals surface area contributed by atoms with E-state index < -0.39 is 117 Å². The molecule has 59 heavy (non-hydrogen) atoms. The smallest absolute Gasteiger partial charge is 0.407 e. The van der Waals surface area contributed by atoms with Crippen molar-refractivity contribution in [3.8, 4) is 0 Å². The Labute approximate surface area is 343 Å². The van der Waals surface area contributed by atoms with E-state index in [0.29, 0.717) is 18.3 Å². The monoisotopic (exact) mass is 824 g/mol. The minimum absolute atomic E-state index is 0.0385. The molecule has 322 valence electrons. The number of carbonyl (C=O) groups excluding carboxylic acids is 5. The second-order valence-electron chi connectivity index (χ2n) is 17.8. The van der Waals surface area contributed by atoms with Crippen LogP contribution in [0.3, 0.4) is 0 Å². The number of alkyl carbamates (subject to hydrolysis) is 1. The molecule has 0 aromatic carbocycles. The number of carbonyl (C=O) groups is 5. The van der Waals surface area contributed by atoms with Crippen LogP contribution < -0.4 is 5.32 Å². The minimum Gasteiger partial charge on any atom is -0.511 e. The first-order valence-electron chi connectivity index (χ1n) is 20.2. The normalized spacial score (nSPS) is 45.1. The van der Waals surface area contributed by atoms with Crippen molar-refractivity contribution in [1.82, 2.24) is 5.32 Å². The molecule has 3 N–H and O–H groups in total. The van der Waals surface area contributed by atoms with Crippen LogP contribution in [0.15, 0.2) is 58.4 Å². The molecule has 4 aliphatic carbocycles. The van der Waals surface area contributed by atoms with Gasteiger partial charge in [0.25, 0.3) is 0 Å². The number of hydrogen-bond donors (Lipinski definition) is 3. The Bertz CT molecular complexity index is 1950. The highest BCUT2D eigenvalue weighted by Gasteiger charge is 2.65. The number of nitrogens with one attached hydrogen (secondary N) is 1. The van der Waals surface area contributed by atoms with Crippen LogP contribution in [0.25, 0.3) is 0 Å². The number of ketones is 1. The standard InChI is InChI=1S/C43H56N2O14/c1-20-10-13-30(58-32-18-41(7,45(53)54)36(24(5)56-32)44-40(52)55-9)21(2)15-29-31(57-25(6)47)16-26(19-46)17-43(29)38(50)33(39(51)59-43)37(49)42(8)28(20)12-11-27-34(42)22(3)14-23(4)35(27)48/h10-12,15-16,19,22-24,27-32,34-36,48-49H,13-14,17-18H2,1-9H3,(H,44,52)/b20-10+,21-15+,37-33-/t22-,23-,24+,27-,28-,29+,30-,31-,32-,34+,35-,36-,41-,42+,43?/m0/s1. The van der Waals surface area contributed by atoms with Crippen molar-refractivity contribution >= 4 is 30.1 Å². The van der Waals surface area contributed by atoms with Gasteiger partial charge in [-0.1, -0.05) is 50.6 Å². The summed E-state index contributed by atoms with van der Waals surface area (Å²) in [4.78, 5) is 78.7. The summed E-state index contributed by atoms with van der Waals surface area (Å²) in [5.74, 6) is -6.03. The van der Waals surface area contributed by atoms with Gasteiger partial charge in [-0.3, -0.25) is 24.5 Å². The predicted octanol–water partition coefficient (Wildman–Crippen LogP) is 4.78. The molecule has 2 bridgehead atoms. The number of ether oxygens (including phenoxy) is 5. The van der Waals surface area contributed by atoms with E-state index in [1.807, 2.05) is 39.0 Å². The Kier molecular flexibility index (Phi) is 12.0. The maximum atomic E-state index is 15.1. The number of allylic oxidation sites excluding steroid dienone is 3.